The average molecular weight is 409 g/mol. The summed E-state index contributed by atoms with van der Waals surface area (Å²) in [6, 6.07) is 0. The number of fused-ring (bicyclic) bond motifs is 2. The van der Waals surface area contributed by atoms with Gasteiger partial charge in [-0.3, -0.25) is 13.8 Å². The highest BCUT2D eigenvalue weighted by atomic mass is 32.2. The molecule has 5 saturated carbocycles. The van der Waals surface area contributed by atoms with Crippen LogP contribution in [0.5, 0.6) is 0 Å². The zero-order valence-electron chi connectivity index (χ0n) is 16.5. The van der Waals surface area contributed by atoms with Gasteiger partial charge in [0.1, 0.15) is 0 Å². The summed E-state index contributed by atoms with van der Waals surface area (Å²) in [6.45, 7) is 6.55. The van der Waals surface area contributed by atoms with Crippen molar-refractivity contribution in [3.63, 3.8) is 0 Å². The lowest BCUT2D eigenvalue weighted by molar-refractivity contribution is -0.251. The van der Waals surface area contributed by atoms with E-state index in [-0.39, 0.29) is 34.9 Å². The van der Waals surface area contributed by atoms with Crippen LogP contribution in [0.25, 0.3) is 0 Å². The minimum Gasteiger partial charge on any atom is -0.465 e. The maximum atomic E-state index is 13.5. The van der Waals surface area contributed by atoms with Crippen LogP contribution >= 0.6 is 0 Å². The summed E-state index contributed by atoms with van der Waals surface area (Å²) in [5, 5.41) is 0. The number of ether oxygens (including phenoxy) is 1. The Hall–Kier alpha value is -1.21. The van der Waals surface area contributed by atoms with Gasteiger partial charge in [-0.1, -0.05) is 19.9 Å². The fourth-order valence-electron chi connectivity index (χ4n) is 7.83. The SMILES string of the molecule is C=C1C(=O)[C@]23CC[C@H]1CC2[C@@]12CCC[C@@](C)(COC1=O)C2C[C@H]3OS(C)(=O)=O. The smallest absolute Gasteiger partial charge is 0.312 e. The van der Waals surface area contributed by atoms with Crippen LogP contribution in [-0.2, 0) is 28.6 Å². The van der Waals surface area contributed by atoms with E-state index in [1.165, 1.54) is 0 Å². The van der Waals surface area contributed by atoms with Crippen LogP contribution in [0, 0.1) is 34.0 Å². The van der Waals surface area contributed by atoms with Crippen LogP contribution in [0.4, 0.5) is 0 Å². The number of carbonyl (C=O) groups is 2. The number of rotatable bonds is 2. The predicted molar refractivity (Wildman–Crippen MR) is 101 cm³/mol. The fourth-order valence-corrected chi connectivity index (χ4v) is 8.50. The van der Waals surface area contributed by atoms with Crippen LogP contribution < -0.4 is 0 Å². The van der Waals surface area contributed by atoms with Gasteiger partial charge in [-0.15, -0.1) is 0 Å². The molecule has 1 saturated heterocycles. The molecular weight excluding hydrogens is 380 g/mol. The standard InChI is InChI=1S/C21H28O6S/c1-12-13-5-8-21(17(12)22)15(9-13)20-7-4-6-19(2,11-26-18(20)23)14(20)10-16(21)27-28(3,24)25/h13-16H,1,4-11H2,2-3H3/t13-,14?,15?,16+,19-,20-,21+/m0/s1. The molecule has 0 aromatic rings. The molecule has 0 aromatic carbocycles. The van der Waals surface area contributed by atoms with Crippen molar-refractivity contribution in [3.05, 3.63) is 12.2 Å². The molecule has 0 amide bonds. The van der Waals surface area contributed by atoms with E-state index >= 15 is 0 Å². The zero-order valence-corrected chi connectivity index (χ0v) is 17.3. The van der Waals surface area contributed by atoms with Crippen molar-refractivity contribution < 1.29 is 26.9 Å². The summed E-state index contributed by atoms with van der Waals surface area (Å²) in [5.41, 5.74) is -1.27. The second-order valence-corrected chi connectivity index (χ2v) is 11.7. The molecule has 6 fully saturated rings. The van der Waals surface area contributed by atoms with E-state index in [2.05, 4.69) is 13.5 Å². The lowest BCUT2D eigenvalue weighted by atomic mass is 9.35. The zero-order chi connectivity index (χ0) is 20.1. The third-order valence-electron chi connectivity index (χ3n) is 8.91. The molecule has 1 heterocycles. The molecule has 0 aromatic heterocycles. The summed E-state index contributed by atoms with van der Waals surface area (Å²) < 4.78 is 35.6. The first-order valence-electron chi connectivity index (χ1n) is 10.3. The summed E-state index contributed by atoms with van der Waals surface area (Å²) in [5.74, 6) is -0.420. The molecular formula is C21H28O6S. The van der Waals surface area contributed by atoms with Crippen LogP contribution in [0.2, 0.25) is 0 Å². The third-order valence-corrected chi connectivity index (χ3v) is 9.49. The number of carbonyl (C=O) groups excluding carboxylic acids is 2. The largest absolute Gasteiger partial charge is 0.465 e. The number of hydrogen-bond acceptors (Lipinski definition) is 6. The molecule has 6 aliphatic rings. The molecule has 0 radical (unpaired) electrons. The Labute approximate surface area is 166 Å². The van der Waals surface area contributed by atoms with Crippen molar-refractivity contribution in [2.24, 2.45) is 34.0 Å². The molecule has 2 unspecified atom stereocenters. The molecule has 7 atom stereocenters. The van der Waals surface area contributed by atoms with Crippen LogP contribution in [-0.4, -0.2) is 39.1 Å². The molecule has 154 valence electrons. The highest BCUT2D eigenvalue weighted by molar-refractivity contribution is 7.86. The van der Waals surface area contributed by atoms with E-state index in [0.29, 0.717) is 31.4 Å². The summed E-state index contributed by atoms with van der Waals surface area (Å²) in [4.78, 5) is 26.8. The number of allylic oxidation sites excluding steroid dienone is 1. The fraction of sp³-hybridized carbons (Fsp3) is 0.810. The Kier molecular flexibility index (Phi) is 3.68. The highest BCUT2D eigenvalue weighted by Gasteiger charge is 2.76. The van der Waals surface area contributed by atoms with Crippen LogP contribution in [0.3, 0.4) is 0 Å². The molecule has 6 nitrogen and oxygen atoms in total. The summed E-state index contributed by atoms with van der Waals surface area (Å²) in [7, 11) is -3.74. The van der Waals surface area contributed by atoms with Crippen molar-refractivity contribution >= 4 is 21.9 Å². The van der Waals surface area contributed by atoms with Gasteiger partial charge in [-0.25, -0.2) is 0 Å². The summed E-state index contributed by atoms with van der Waals surface area (Å²) >= 11 is 0. The Bertz CT molecular complexity index is 893. The van der Waals surface area contributed by atoms with E-state index in [0.717, 1.165) is 31.9 Å². The van der Waals surface area contributed by atoms with E-state index < -0.39 is 27.1 Å². The van der Waals surface area contributed by atoms with E-state index in [1.807, 2.05) is 0 Å². The number of esters is 1. The minimum absolute atomic E-state index is 0.0159. The van der Waals surface area contributed by atoms with Gasteiger partial charge in [0, 0.05) is 5.41 Å². The molecule has 28 heavy (non-hydrogen) atoms. The minimum atomic E-state index is -3.74. The van der Waals surface area contributed by atoms with Gasteiger partial charge < -0.3 is 4.74 Å². The van der Waals surface area contributed by atoms with Gasteiger partial charge in [-0.05, 0) is 61.9 Å². The normalized spacial score (nSPS) is 50.0. The quantitative estimate of drug-likeness (QED) is 0.397. The average Bonchev–Trinajstić information content (AvgIpc) is 2.62. The van der Waals surface area contributed by atoms with Crippen molar-refractivity contribution in [2.75, 3.05) is 12.9 Å². The first kappa shape index (κ1) is 18.8. The number of cyclic esters (lactones) is 1. The molecule has 0 N–H and O–H groups in total. The Morgan fingerprint density at radius 1 is 1.11 bits per heavy atom. The molecule has 4 bridgehead atoms. The van der Waals surface area contributed by atoms with Crippen molar-refractivity contribution in [1.29, 1.82) is 0 Å². The highest BCUT2D eigenvalue weighted by Crippen LogP contribution is 2.73. The van der Waals surface area contributed by atoms with Crippen molar-refractivity contribution in [2.45, 2.75) is 58.0 Å². The van der Waals surface area contributed by atoms with E-state index in [9.17, 15) is 18.0 Å². The summed E-state index contributed by atoms with van der Waals surface area (Å²) in [6.07, 6.45) is 5.42. The second kappa shape index (κ2) is 5.48. The molecule has 6 rings (SSSR count). The van der Waals surface area contributed by atoms with Crippen LogP contribution in [0.1, 0.15) is 51.9 Å². The third kappa shape index (κ3) is 2.10. The van der Waals surface area contributed by atoms with E-state index in [1.54, 1.807) is 0 Å². The van der Waals surface area contributed by atoms with Crippen molar-refractivity contribution in [1.82, 2.24) is 0 Å². The monoisotopic (exact) mass is 408 g/mol. The maximum Gasteiger partial charge on any atom is 0.312 e. The molecule has 1 aliphatic heterocycles. The van der Waals surface area contributed by atoms with Gasteiger partial charge >= 0.3 is 5.97 Å². The Balaban J connectivity index is 1.72. The molecule has 7 heteroatoms. The predicted octanol–water partition coefficient (Wildman–Crippen LogP) is 2.63. The molecule has 5 aliphatic carbocycles. The lowest BCUT2D eigenvalue weighted by Crippen LogP contribution is -2.73. The van der Waals surface area contributed by atoms with Crippen LogP contribution in [0.15, 0.2) is 12.2 Å². The van der Waals surface area contributed by atoms with Crippen molar-refractivity contribution in [3.8, 4) is 0 Å². The van der Waals surface area contributed by atoms with Gasteiger partial charge in [0.15, 0.2) is 5.78 Å². The number of ketones is 1. The Morgan fingerprint density at radius 2 is 1.86 bits per heavy atom. The van der Waals surface area contributed by atoms with Gasteiger partial charge in [-0.2, -0.15) is 8.42 Å². The van der Waals surface area contributed by atoms with Gasteiger partial charge in [0.25, 0.3) is 10.1 Å². The number of Topliss-reactive ketones (excluding diaryl/α,β-unsaturated/α-hetero) is 1. The van der Waals surface area contributed by atoms with Gasteiger partial charge in [0.05, 0.1) is 29.8 Å². The first-order valence-corrected chi connectivity index (χ1v) is 12.2. The first-order chi connectivity index (χ1) is 13.0. The maximum absolute atomic E-state index is 13.5. The van der Waals surface area contributed by atoms with Gasteiger partial charge in [0.2, 0.25) is 0 Å². The Morgan fingerprint density at radius 3 is 2.57 bits per heavy atom. The van der Waals surface area contributed by atoms with E-state index in [4.69, 9.17) is 8.92 Å². The topological polar surface area (TPSA) is 86.7 Å². The second-order valence-electron chi connectivity index (χ2n) is 10.1. The number of hydrogen-bond donors (Lipinski definition) is 0. The lowest BCUT2D eigenvalue weighted by Gasteiger charge is -2.69. The molecule has 1 spiro atoms.